The molecule has 0 amide bonds. The fourth-order valence-corrected chi connectivity index (χ4v) is 9.85. The van der Waals surface area contributed by atoms with Crippen LogP contribution in [-0.2, 0) is 5.41 Å². The number of para-hydroxylation sites is 2. The van der Waals surface area contributed by atoms with E-state index in [-0.39, 0.29) is 5.41 Å². The molecule has 0 bridgehead atoms. The van der Waals surface area contributed by atoms with Crippen molar-refractivity contribution >= 4 is 43.4 Å². The van der Waals surface area contributed by atoms with Crippen LogP contribution >= 0.6 is 0 Å². The van der Waals surface area contributed by atoms with E-state index in [0.29, 0.717) is 5.82 Å². The van der Waals surface area contributed by atoms with Gasteiger partial charge < -0.3 is 4.57 Å². The largest absolute Gasteiger partial charge is 0.309 e. The summed E-state index contributed by atoms with van der Waals surface area (Å²) in [6.45, 7) is 4.71. The predicted octanol–water partition coefficient (Wildman–Crippen LogP) is 14.9. The van der Waals surface area contributed by atoms with E-state index in [4.69, 9.17) is 9.97 Å². The molecule has 0 aliphatic heterocycles. The molecular formula is C57H39N3. The van der Waals surface area contributed by atoms with Crippen LogP contribution in [-0.4, -0.2) is 14.5 Å². The highest BCUT2D eigenvalue weighted by Crippen LogP contribution is 2.50. The molecule has 0 atom stereocenters. The molecule has 11 aromatic rings. The fourth-order valence-electron chi connectivity index (χ4n) is 9.85. The number of hydrogen-bond donors (Lipinski definition) is 0. The first kappa shape index (κ1) is 34.4. The van der Waals surface area contributed by atoms with Crippen LogP contribution in [0, 0.1) is 0 Å². The molecule has 0 saturated heterocycles. The van der Waals surface area contributed by atoms with Gasteiger partial charge in [-0.05, 0) is 103 Å². The van der Waals surface area contributed by atoms with Crippen molar-refractivity contribution in [1.82, 2.24) is 14.5 Å². The van der Waals surface area contributed by atoms with Crippen molar-refractivity contribution in [3.05, 3.63) is 211 Å². The summed E-state index contributed by atoms with van der Waals surface area (Å²) in [7, 11) is 0. The van der Waals surface area contributed by atoms with Crippen LogP contribution in [0.4, 0.5) is 0 Å². The van der Waals surface area contributed by atoms with E-state index in [0.717, 1.165) is 39.3 Å². The zero-order valence-corrected chi connectivity index (χ0v) is 33.4. The van der Waals surface area contributed by atoms with Crippen LogP contribution < -0.4 is 0 Å². The van der Waals surface area contributed by atoms with Gasteiger partial charge in [0.15, 0.2) is 5.82 Å². The molecule has 2 heterocycles. The van der Waals surface area contributed by atoms with Gasteiger partial charge in [-0.3, -0.25) is 0 Å². The third kappa shape index (κ3) is 5.29. The maximum absolute atomic E-state index is 5.41. The van der Waals surface area contributed by atoms with Crippen LogP contribution in [0.15, 0.2) is 200 Å². The molecule has 0 spiro atoms. The average Bonchev–Trinajstić information content (AvgIpc) is 3.77. The van der Waals surface area contributed by atoms with Crippen LogP contribution in [0.5, 0.6) is 0 Å². The topological polar surface area (TPSA) is 30.7 Å². The van der Waals surface area contributed by atoms with Crippen LogP contribution in [0.25, 0.3) is 105 Å². The molecule has 1 aliphatic rings. The lowest BCUT2D eigenvalue weighted by Gasteiger charge is -2.22. The lowest BCUT2D eigenvalue weighted by atomic mass is 9.81. The standard InChI is InChI=1S/C57H39N3/c1-57(2)50-25-13-10-22-45(50)46-29-28-37(34-51(46)57)39-30-40(32-41(31-39)60-54-26-14-11-23-47(54)48-24-12-15-27-55(48)60)52-35-53(59-56(58-52)36-16-4-3-5-17-36)49-33-38-18-6-7-19-42(38)43-20-8-9-21-44(43)49/h3-35H,1-2H3. The van der Waals surface area contributed by atoms with Gasteiger partial charge in [-0.15, -0.1) is 0 Å². The molecule has 0 radical (unpaired) electrons. The van der Waals surface area contributed by atoms with Gasteiger partial charge in [0.25, 0.3) is 0 Å². The van der Waals surface area contributed by atoms with E-state index in [2.05, 4.69) is 213 Å². The normalized spacial score (nSPS) is 13.0. The molecule has 3 nitrogen and oxygen atoms in total. The van der Waals surface area contributed by atoms with Gasteiger partial charge in [-0.25, -0.2) is 9.97 Å². The summed E-state index contributed by atoms with van der Waals surface area (Å²) in [6.07, 6.45) is 0. The summed E-state index contributed by atoms with van der Waals surface area (Å²) in [5.41, 5.74) is 15.8. The van der Waals surface area contributed by atoms with Crippen LogP contribution in [0.1, 0.15) is 25.0 Å². The molecule has 1 aliphatic carbocycles. The molecule has 3 heteroatoms. The van der Waals surface area contributed by atoms with Gasteiger partial charge in [0.1, 0.15) is 0 Å². The number of rotatable bonds is 5. The second kappa shape index (κ2) is 13.2. The Labute approximate surface area is 348 Å². The Morgan fingerprint density at radius 1 is 0.367 bits per heavy atom. The van der Waals surface area contributed by atoms with Gasteiger partial charge in [0.2, 0.25) is 0 Å². The highest BCUT2D eigenvalue weighted by Gasteiger charge is 2.35. The van der Waals surface area contributed by atoms with E-state index >= 15 is 0 Å². The maximum atomic E-state index is 5.41. The first-order valence-electron chi connectivity index (χ1n) is 20.7. The average molecular weight is 766 g/mol. The molecule has 0 saturated carbocycles. The van der Waals surface area contributed by atoms with Gasteiger partial charge in [0, 0.05) is 38.6 Å². The Balaban J connectivity index is 1.14. The summed E-state index contributed by atoms with van der Waals surface area (Å²) in [5.74, 6) is 0.696. The van der Waals surface area contributed by atoms with Crippen molar-refractivity contribution in [3.8, 4) is 61.8 Å². The minimum absolute atomic E-state index is 0.121. The Hall–Kier alpha value is -7.62. The van der Waals surface area contributed by atoms with Crippen molar-refractivity contribution in [2.24, 2.45) is 0 Å². The van der Waals surface area contributed by atoms with Crippen molar-refractivity contribution in [1.29, 1.82) is 0 Å². The maximum Gasteiger partial charge on any atom is 0.160 e. The third-order valence-corrected chi connectivity index (χ3v) is 12.8. The molecule has 282 valence electrons. The summed E-state index contributed by atoms with van der Waals surface area (Å²) in [5, 5.41) is 7.26. The molecule has 2 aromatic heterocycles. The third-order valence-electron chi connectivity index (χ3n) is 12.8. The Morgan fingerprint density at radius 3 is 1.75 bits per heavy atom. The fraction of sp³-hybridized carbons (Fsp3) is 0.0526. The number of nitrogens with zero attached hydrogens (tertiary/aromatic N) is 3. The van der Waals surface area contributed by atoms with Gasteiger partial charge in [-0.2, -0.15) is 0 Å². The zero-order valence-electron chi connectivity index (χ0n) is 33.4. The molecule has 60 heavy (non-hydrogen) atoms. The van der Waals surface area contributed by atoms with E-state index in [1.807, 2.05) is 6.07 Å². The Morgan fingerprint density at radius 2 is 0.967 bits per heavy atom. The molecule has 12 rings (SSSR count). The second-order valence-corrected chi connectivity index (χ2v) is 16.6. The highest BCUT2D eigenvalue weighted by atomic mass is 15.0. The van der Waals surface area contributed by atoms with Crippen molar-refractivity contribution in [3.63, 3.8) is 0 Å². The first-order chi connectivity index (χ1) is 29.5. The van der Waals surface area contributed by atoms with E-state index < -0.39 is 0 Å². The predicted molar refractivity (Wildman–Crippen MR) is 251 cm³/mol. The molecular weight excluding hydrogens is 727 g/mol. The number of fused-ring (bicyclic) bond motifs is 9. The highest BCUT2D eigenvalue weighted by molar-refractivity contribution is 6.14. The minimum atomic E-state index is -0.121. The summed E-state index contributed by atoms with van der Waals surface area (Å²) < 4.78 is 2.42. The van der Waals surface area contributed by atoms with Crippen molar-refractivity contribution < 1.29 is 0 Å². The van der Waals surface area contributed by atoms with E-state index in [1.165, 1.54) is 71.2 Å². The van der Waals surface area contributed by atoms with Crippen LogP contribution in [0.2, 0.25) is 0 Å². The SMILES string of the molecule is CC1(C)c2ccccc2-c2ccc(-c3cc(-c4cc(-c5cc6ccccc6c6ccccc56)nc(-c5ccccc5)n4)cc(-n4c5ccccc5c5ccccc54)c3)cc21. The summed E-state index contributed by atoms with van der Waals surface area (Å²) >= 11 is 0. The summed E-state index contributed by atoms with van der Waals surface area (Å²) in [6, 6.07) is 72.6. The second-order valence-electron chi connectivity index (χ2n) is 16.6. The van der Waals surface area contributed by atoms with Crippen molar-refractivity contribution in [2.75, 3.05) is 0 Å². The van der Waals surface area contributed by atoms with E-state index in [1.54, 1.807) is 0 Å². The van der Waals surface area contributed by atoms with Gasteiger partial charge >= 0.3 is 0 Å². The number of hydrogen-bond acceptors (Lipinski definition) is 2. The monoisotopic (exact) mass is 765 g/mol. The lowest BCUT2D eigenvalue weighted by molar-refractivity contribution is 0.660. The molecule has 0 N–H and O–H groups in total. The van der Waals surface area contributed by atoms with E-state index in [9.17, 15) is 0 Å². The molecule has 0 fully saturated rings. The van der Waals surface area contributed by atoms with Gasteiger partial charge in [0.05, 0.1) is 22.4 Å². The smallest absolute Gasteiger partial charge is 0.160 e. The van der Waals surface area contributed by atoms with Crippen molar-refractivity contribution in [2.45, 2.75) is 19.3 Å². The lowest BCUT2D eigenvalue weighted by Crippen LogP contribution is -2.14. The Bertz CT molecular complexity index is 3470. The summed E-state index contributed by atoms with van der Waals surface area (Å²) in [4.78, 5) is 10.8. The molecule has 0 unspecified atom stereocenters. The zero-order chi connectivity index (χ0) is 40.0. The van der Waals surface area contributed by atoms with Crippen LogP contribution in [0.3, 0.4) is 0 Å². The minimum Gasteiger partial charge on any atom is -0.309 e. The quantitative estimate of drug-likeness (QED) is 0.163. The van der Waals surface area contributed by atoms with Gasteiger partial charge in [-0.1, -0.05) is 166 Å². The molecule has 9 aromatic carbocycles. The Kier molecular flexibility index (Phi) is 7.58. The number of aromatic nitrogens is 3. The first-order valence-corrected chi connectivity index (χ1v) is 20.7. The number of benzene rings is 9.